The van der Waals surface area contributed by atoms with Gasteiger partial charge in [-0.1, -0.05) is 17.7 Å². The average molecular weight is 256 g/mol. The zero-order valence-electron chi connectivity index (χ0n) is 10.7. The van der Waals surface area contributed by atoms with Crippen LogP contribution in [-0.4, -0.2) is 5.91 Å². The van der Waals surface area contributed by atoms with E-state index in [1.54, 1.807) is 24.3 Å². The number of primary amides is 1. The molecule has 2 aromatic carbocycles. The normalized spacial score (nSPS) is 10.2. The van der Waals surface area contributed by atoms with Crippen molar-refractivity contribution in [2.45, 2.75) is 13.5 Å². The third kappa shape index (κ3) is 3.11. The van der Waals surface area contributed by atoms with Crippen LogP contribution in [-0.2, 0) is 6.54 Å². The zero-order valence-corrected chi connectivity index (χ0v) is 10.7. The van der Waals surface area contributed by atoms with E-state index >= 15 is 0 Å². The van der Waals surface area contributed by atoms with Crippen LogP contribution in [0, 0.1) is 6.92 Å². The first-order valence-corrected chi connectivity index (χ1v) is 5.97. The SMILES string of the molecule is Cc1ccc(Oc2ccc(C(N)=O)cc2)c(CN)c1. The van der Waals surface area contributed by atoms with E-state index in [4.69, 9.17) is 16.2 Å². The van der Waals surface area contributed by atoms with Gasteiger partial charge in [-0.2, -0.15) is 0 Å². The highest BCUT2D eigenvalue weighted by Crippen LogP contribution is 2.26. The maximum absolute atomic E-state index is 11.0. The molecule has 0 aliphatic carbocycles. The van der Waals surface area contributed by atoms with Crippen LogP contribution < -0.4 is 16.2 Å². The molecule has 0 atom stereocenters. The Bertz CT molecular complexity index is 592. The first kappa shape index (κ1) is 13.1. The molecule has 0 aliphatic heterocycles. The molecule has 4 nitrogen and oxygen atoms in total. The van der Waals surface area contributed by atoms with Crippen molar-refractivity contribution in [2.24, 2.45) is 11.5 Å². The number of benzene rings is 2. The van der Waals surface area contributed by atoms with Crippen molar-refractivity contribution in [1.82, 2.24) is 0 Å². The molecule has 0 fully saturated rings. The summed E-state index contributed by atoms with van der Waals surface area (Å²) in [7, 11) is 0. The Hall–Kier alpha value is -2.33. The van der Waals surface area contributed by atoms with Crippen LogP contribution in [0.1, 0.15) is 21.5 Å². The van der Waals surface area contributed by atoms with E-state index in [9.17, 15) is 4.79 Å². The lowest BCUT2D eigenvalue weighted by Gasteiger charge is -2.11. The maximum atomic E-state index is 11.0. The highest BCUT2D eigenvalue weighted by molar-refractivity contribution is 5.92. The summed E-state index contributed by atoms with van der Waals surface area (Å²) in [6, 6.07) is 12.5. The molecule has 2 rings (SSSR count). The number of amides is 1. The summed E-state index contributed by atoms with van der Waals surface area (Å²) < 4.78 is 5.76. The summed E-state index contributed by atoms with van der Waals surface area (Å²) in [6.07, 6.45) is 0. The highest BCUT2D eigenvalue weighted by atomic mass is 16.5. The zero-order chi connectivity index (χ0) is 13.8. The molecule has 98 valence electrons. The van der Waals surface area contributed by atoms with Gasteiger partial charge in [0.15, 0.2) is 0 Å². The van der Waals surface area contributed by atoms with E-state index in [1.165, 1.54) is 0 Å². The molecule has 2 aromatic rings. The van der Waals surface area contributed by atoms with Crippen molar-refractivity contribution in [3.63, 3.8) is 0 Å². The molecule has 0 heterocycles. The van der Waals surface area contributed by atoms with Gasteiger partial charge >= 0.3 is 0 Å². The molecular formula is C15H16N2O2. The van der Waals surface area contributed by atoms with Gasteiger partial charge in [0.2, 0.25) is 5.91 Å². The molecule has 0 spiro atoms. The Morgan fingerprint density at radius 2 is 1.84 bits per heavy atom. The summed E-state index contributed by atoms with van der Waals surface area (Å²) in [5.74, 6) is 0.910. The molecule has 0 saturated carbocycles. The molecular weight excluding hydrogens is 240 g/mol. The predicted molar refractivity (Wildman–Crippen MR) is 74.1 cm³/mol. The van der Waals surface area contributed by atoms with Crippen LogP contribution in [0.15, 0.2) is 42.5 Å². The first-order chi connectivity index (χ1) is 9.10. The van der Waals surface area contributed by atoms with Crippen molar-refractivity contribution in [1.29, 1.82) is 0 Å². The molecule has 19 heavy (non-hydrogen) atoms. The van der Waals surface area contributed by atoms with Crippen LogP contribution >= 0.6 is 0 Å². The number of carbonyl (C=O) groups excluding carboxylic acids is 1. The molecule has 4 N–H and O–H groups in total. The van der Waals surface area contributed by atoms with E-state index in [-0.39, 0.29) is 0 Å². The molecule has 0 aliphatic rings. The molecule has 0 saturated heterocycles. The third-order valence-electron chi connectivity index (χ3n) is 2.80. The van der Waals surface area contributed by atoms with Gasteiger partial charge in [-0.3, -0.25) is 4.79 Å². The van der Waals surface area contributed by atoms with Gasteiger partial charge in [-0.25, -0.2) is 0 Å². The van der Waals surface area contributed by atoms with Crippen LogP contribution in [0.25, 0.3) is 0 Å². The number of rotatable bonds is 4. The van der Waals surface area contributed by atoms with Crippen LogP contribution in [0.4, 0.5) is 0 Å². The van der Waals surface area contributed by atoms with Gasteiger partial charge in [0.25, 0.3) is 0 Å². The lowest BCUT2D eigenvalue weighted by molar-refractivity contribution is 0.100. The number of hydrogen-bond donors (Lipinski definition) is 2. The van der Waals surface area contributed by atoms with Gasteiger partial charge in [0.1, 0.15) is 11.5 Å². The average Bonchev–Trinajstić information content (AvgIpc) is 2.41. The highest BCUT2D eigenvalue weighted by Gasteiger charge is 2.05. The second-order valence-electron chi connectivity index (χ2n) is 4.31. The molecule has 0 radical (unpaired) electrons. The van der Waals surface area contributed by atoms with Crippen molar-refractivity contribution in [3.05, 3.63) is 59.2 Å². The Balaban J connectivity index is 2.23. The van der Waals surface area contributed by atoms with Gasteiger partial charge in [0.05, 0.1) is 0 Å². The van der Waals surface area contributed by atoms with Crippen molar-refractivity contribution in [3.8, 4) is 11.5 Å². The fourth-order valence-electron chi connectivity index (χ4n) is 1.78. The summed E-state index contributed by atoms with van der Waals surface area (Å²) in [4.78, 5) is 11.0. The molecule has 0 unspecified atom stereocenters. The molecule has 0 bridgehead atoms. The molecule has 0 aromatic heterocycles. The number of nitrogens with two attached hydrogens (primary N) is 2. The number of carbonyl (C=O) groups is 1. The molecule has 1 amide bonds. The minimum atomic E-state index is -0.454. The van der Waals surface area contributed by atoms with Gasteiger partial charge in [-0.15, -0.1) is 0 Å². The van der Waals surface area contributed by atoms with Crippen LogP contribution in [0.5, 0.6) is 11.5 Å². The van der Waals surface area contributed by atoms with Gasteiger partial charge in [0, 0.05) is 17.7 Å². The maximum Gasteiger partial charge on any atom is 0.248 e. The van der Waals surface area contributed by atoms with Crippen molar-refractivity contribution < 1.29 is 9.53 Å². The number of ether oxygens (including phenoxy) is 1. The Morgan fingerprint density at radius 1 is 1.16 bits per heavy atom. The van der Waals surface area contributed by atoms with E-state index in [0.29, 0.717) is 17.9 Å². The van der Waals surface area contributed by atoms with E-state index in [2.05, 4.69) is 0 Å². The smallest absolute Gasteiger partial charge is 0.248 e. The topological polar surface area (TPSA) is 78.3 Å². The second-order valence-corrected chi connectivity index (χ2v) is 4.31. The predicted octanol–water partition coefficient (Wildman–Crippen LogP) is 2.34. The minimum absolute atomic E-state index is 0.413. The van der Waals surface area contributed by atoms with Gasteiger partial charge in [-0.05, 0) is 37.3 Å². The molecule has 4 heteroatoms. The summed E-state index contributed by atoms with van der Waals surface area (Å²) in [6.45, 7) is 2.42. The summed E-state index contributed by atoms with van der Waals surface area (Å²) in [5, 5.41) is 0. The Kier molecular flexibility index (Phi) is 3.82. The van der Waals surface area contributed by atoms with Crippen molar-refractivity contribution >= 4 is 5.91 Å². The quantitative estimate of drug-likeness (QED) is 0.881. The second kappa shape index (κ2) is 5.54. The Labute approximate surface area is 112 Å². The Morgan fingerprint density at radius 3 is 2.42 bits per heavy atom. The lowest BCUT2D eigenvalue weighted by Crippen LogP contribution is -2.10. The fourth-order valence-corrected chi connectivity index (χ4v) is 1.78. The van der Waals surface area contributed by atoms with Gasteiger partial charge < -0.3 is 16.2 Å². The third-order valence-corrected chi connectivity index (χ3v) is 2.80. The van der Waals surface area contributed by atoms with Crippen LogP contribution in [0.2, 0.25) is 0 Å². The van der Waals surface area contributed by atoms with Crippen molar-refractivity contribution in [2.75, 3.05) is 0 Å². The minimum Gasteiger partial charge on any atom is -0.457 e. The van der Waals surface area contributed by atoms with E-state index < -0.39 is 5.91 Å². The van der Waals surface area contributed by atoms with Crippen LogP contribution in [0.3, 0.4) is 0 Å². The standard InChI is InChI=1S/C15H16N2O2/c1-10-2-7-14(12(8-10)9-16)19-13-5-3-11(4-6-13)15(17)18/h2-8H,9,16H2,1H3,(H2,17,18). The van der Waals surface area contributed by atoms with E-state index in [0.717, 1.165) is 16.9 Å². The first-order valence-electron chi connectivity index (χ1n) is 5.97. The van der Waals surface area contributed by atoms with E-state index in [1.807, 2.05) is 25.1 Å². The fraction of sp³-hybridized carbons (Fsp3) is 0.133. The lowest BCUT2D eigenvalue weighted by atomic mass is 10.1. The monoisotopic (exact) mass is 256 g/mol. The summed E-state index contributed by atoms with van der Waals surface area (Å²) in [5.41, 5.74) is 13.4. The number of aryl methyl sites for hydroxylation is 1. The largest absolute Gasteiger partial charge is 0.457 e. The summed E-state index contributed by atoms with van der Waals surface area (Å²) >= 11 is 0. The number of hydrogen-bond acceptors (Lipinski definition) is 3.